The van der Waals surface area contributed by atoms with Gasteiger partial charge in [0, 0.05) is 5.56 Å². The van der Waals surface area contributed by atoms with Gasteiger partial charge in [0.2, 0.25) is 0 Å². The molecule has 0 aliphatic heterocycles. The van der Waals surface area contributed by atoms with Crippen LogP contribution >= 0.6 is 0 Å². The second-order valence-electron chi connectivity index (χ2n) is 5.98. The van der Waals surface area contributed by atoms with Gasteiger partial charge in [-0.25, -0.2) is 4.98 Å². The molecule has 142 valence electrons. The summed E-state index contributed by atoms with van der Waals surface area (Å²) in [6.45, 7) is 5.23. The molecular formula is C20H24F3NO2. The fourth-order valence-electron chi connectivity index (χ4n) is 2.27. The van der Waals surface area contributed by atoms with E-state index in [0.717, 1.165) is 37.8 Å². The van der Waals surface area contributed by atoms with Crippen molar-refractivity contribution in [2.24, 2.45) is 0 Å². The summed E-state index contributed by atoms with van der Waals surface area (Å²) < 4.78 is 49.6. The third-order valence-corrected chi connectivity index (χ3v) is 3.83. The highest BCUT2D eigenvalue weighted by molar-refractivity contribution is 5.61. The van der Waals surface area contributed by atoms with Gasteiger partial charge in [0.25, 0.3) is 5.88 Å². The van der Waals surface area contributed by atoms with Crippen molar-refractivity contribution in [2.45, 2.75) is 45.7 Å². The van der Waals surface area contributed by atoms with Crippen molar-refractivity contribution >= 4 is 0 Å². The number of ether oxygens (including phenoxy) is 2. The number of halogens is 3. The minimum atomic E-state index is -4.35. The molecule has 1 aromatic carbocycles. The van der Waals surface area contributed by atoms with Crippen molar-refractivity contribution in [1.82, 2.24) is 4.98 Å². The molecule has 0 spiro atoms. The van der Waals surface area contributed by atoms with Gasteiger partial charge in [-0.15, -0.1) is 0 Å². The number of hydrogen-bond acceptors (Lipinski definition) is 3. The zero-order valence-electron chi connectivity index (χ0n) is 15.1. The minimum absolute atomic E-state index is 0.381. The van der Waals surface area contributed by atoms with Crippen LogP contribution in [0.1, 0.15) is 45.1 Å². The summed E-state index contributed by atoms with van der Waals surface area (Å²) in [6, 6.07) is 8.44. The van der Waals surface area contributed by atoms with E-state index in [1.54, 1.807) is 12.1 Å². The second kappa shape index (κ2) is 9.46. The Hall–Kier alpha value is -2.24. The average molecular weight is 367 g/mol. The summed E-state index contributed by atoms with van der Waals surface area (Å²) in [5.41, 5.74) is 0.465. The summed E-state index contributed by atoms with van der Waals surface area (Å²) in [6.07, 6.45) is -0.527. The summed E-state index contributed by atoms with van der Waals surface area (Å²) in [5.74, 6) is 0.942. The molecule has 0 aliphatic rings. The predicted molar refractivity (Wildman–Crippen MR) is 95.5 cm³/mol. The maximum absolute atomic E-state index is 12.7. The van der Waals surface area contributed by atoms with Crippen molar-refractivity contribution in [1.29, 1.82) is 0 Å². The SMILES string of the molecule is CCCCOc1ccc(-c2ccc(C(F)(F)F)cc2)nc1OCCCC. The van der Waals surface area contributed by atoms with Gasteiger partial charge in [-0.3, -0.25) is 0 Å². The van der Waals surface area contributed by atoms with E-state index in [9.17, 15) is 13.2 Å². The van der Waals surface area contributed by atoms with Gasteiger partial charge in [0.05, 0.1) is 24.5 Å². The van der Waals surface area contributed by atoms with Gasteiger partial charge in [-0.2, -0.15) is 13.2 Å². The van der Waals surface area contributed by atoms with E-state index in [4.69, 9.17) is 9.47 Å². The Morgan fingerprint density at radius 3 is 2.04 bits per heavy atom. The van der Waals surface area contributed by atoms with Crippen molar-refractivity contribution in [3.8, 4) is 22.9 Å². The predicted octanol–water partition coefficient (Wildman–Crippen LogP) is 6.13. The van der Waals surface area contributed by atoms with Crippen LogP contribution in [-0.2, 0) is 6.18 Å². The summed E-state index contributed by atoms with van der Waals surface area (Å²) >= 11 is 0. The highest BCUT2D eigenvalue weighted by atomic mass is 19.4. The number of aromatic nitrogens is 1. The standard InChI is InChI=1S/C20H24F3NO2/c1-3-5-13-25-18-12-11-17(24-19(18)26-14-6-4-2)15-7-9-16(10-8-15)20(21,22)23/h7-12H,3-6,13-14H2,1-2H3. The molecule has 26 heavy (non-hydrogen) atoms. The lowest BCUT2D eigenvalue weighted by atomic mass is 10.1. The fraction of sp³-hybridized carbons (Fsp3) is 0.450. The summed E-state index contributed by atoms with van der Waals surface area (Å²) in [7, 11) is 0. The van der Waals surface area contributed by atoms with Crippen LogP contribution in [0.5, 0.6) is 11.6 Å². The van der Waals surface area contributed by atoms with Crippen LogP contribution in [-0.4, -0.2) is 18.2 Å². The molecule has 0 aliphatic carbocycles. The largest absolute Gasteiger partial charge is 0.488 e. The first-order valence-electron chi connectivity index (χ1n) is 8.90. The van der Waals surface area contributed by atoms with E-state index in [1.165, 1.54) is 12.1 Å². The van der Waals surface area contributed by atoms with Gasteiger partial charge in [-0.05, 0) is 37.1 Å². The number of hydrogen-bond donors (Lipinski definition) is 0. The first-order valence-corrected chi connectivity index (χ1v) is 8.90. The normalized spacial score (nSPS) is 11.4. The molecule has 2 aromatic rings. The Labute approximate surface area is 152 Å². The van der Waals surface area contributed by atoms with E-state index in [-0.39, 0.29) is 0 Å². The molecule has 0 N–H and O–H groups in total. The van der Waals surface area contributed by atoms with Crippen LogP contribution < -0.4 is 9.47 Å². The maximum atomic E-state index is 12.7. The van der Waals surface area contributed by atoms with E-state index in [2.05, 4.69) is 18.8 Å². The molecule has 0 bridgehead atoms. The molecule has 3 nitrogen and oxygen atoms in total. The number of alkyl halides is 3. The molecule has 2 rings (SSSR count). The van der Waals surface area contributed by atoms with Crippen LogP contribution in [0.4, 0.5) is 13.2 Å². The van der Waals surface area contributed by atoms with Crippen molar-refractivity contribution in [3.63, 3.8) is 0 Å². The second-order valence-corrected chi connectivity index (χ2v) is 5.98. The van der Waals surface area contributed by atoms with Crippen molar-refractivity contribution in [3.05, 3.63) is 42.0 Å². The third-order valence-electron chi connectivity index (χ3n) is 3.83. The first kappa shape index (κ1) is 20.1. The van der Waals surface area contributed by atoms with Crippen LogP contribution in [0.25, 0.3) is 11.3 Å². The maximum Gasteiger partial charge on any atom is 0.416 e. The topological polar surface area (TPSA) is 31.4 Å². The zero-order chi connectivity index (χ0) is 19.0. The monoisotopic (exact) mass is 367 g/mol. The van der Waals surface area contributed by atoms with Crippen LogP contribution in [0.3, 0.4) is 0 Å². The Morgan fingerprint density at radius 2 is 1.46 bits per heavy atom. The number of nitrogens with zero attached hydrogens (tertiary/aromatic N) is 1. The van der Waals surface area contributed by atoms with Gasteiger partial charge in [-0.1, -0.05) is 38.8 Å². The number of unbranched alkanes of at least 4 members (excludes halogenated alkanes) is 2. The zero-order valence-corrected chi connectivity index (χ0v) is 15.1. The van der Waals surface area contributed by atoms with E-state index < -0.39 is 11.7 Å². The van der Waals surface area contributed by atoms with Crippen molar-refractivity contribution < 1.29 is 22.6 Å². The van der Waals surface area contributed by atoms with Gasteiger partial charge >= 0.3 is 6.18 Å². The Kier molecular flexibility index (Phi) is 7.30. The van der Waals surface area contributed by atoms with Crippen molar-refractivity contribution in [2.75, 3.05) is 13.2 Å². The Balaban J connectivity index is 2.23. The van der Waals surface area contributed by atoms with Crippen LogP contribution in [0, 0.1) is 0 Å². The molecule has 0 saturated heterocycles. The van der Waals surface area contributed by atoms with Crippen LogP contribution in [0.2, 0.25) is 0 Å². The number of benzene rings is 1. The molecule has 0 fully saturated rings. The Morgan fingerprint density at radius 1 is 0.846 bits per heavy atom. The molecular weight excluding hydrogens is 343 g/mol. The molecule has 0 radical (unpaired) electrons. The fourth-order valence-corrected chi connectivity index (χ4v) is 2.27. The quantitative estimate of drug-likeness (QED) is 0.500. The van der Waals surface area contributed by atoms with Crippen LogP contribution in [0.15, 0.2) is 36.4 Å². The van der Waals surface area contributed by atoms with Gasteiger partial charge in [0.1, 0.15) is 0 Å². The summed E-state index contributed by atoms with van der Waals surface area (Å²) in [4.78, 5) is 4.46. The van der Waals surface area contributed by atoms with Gasteiger partial charge < -0.3 is 9.47 Å². The van der Waals surface area contributed by atoms with E-state index in [0.29, 0.717) is 36.1 Å². The van der Waals surface area contributed by atoms with E-state index in [1.807, 2.05) is 0 Å². The smallest absolute Gasteiger partial charge is 0.416 e. The van der Waals surface area contributed by atoms with E-state index >= 15 is 0 Å². The number of pyridine rings is 1. The molecule has 1 heterocycles. The molecule has 0 amide bonds. The lowest BCUT2D eigenvalue weighted by molar-refractivity contribution is -0.137. The number of rotatable bonds is 9. The lowest BCUT2D eigenvalue weighted by Gasteiger charge is -2.13. The lowest BCUT2D eigenvalue weighted by Crippen LogP contribution is -2.05. The highest BCUT2D eigenvalue weighted by Gasteiger charge is 2.30. The molecule has 0 atom stereocenters. The third kappa shape index (κ3) is 5.64. The molecule has 6 heteroatoms. The molecule has 0 unspecified atom stereocenters. The Bertz CT molecular complexity index is 684. The molecule has 0 saturated carbocycles. The first-order chi connectivity index (χ1) is 12.5. The minimum Gasteiger partial charge on any atom is -0.488 e. The van der Waals surface area contributed by atoms with Gasteiger partial charge in [0.15, 0.2) is 5.75 Å². The summed E-state index contributed by atoms with van der Waals surface area (Å²) in [5, 5.41) is 0. The molecule has 1 aromatic heterocycles. The highest BCUT2D eigenvalue weighted by Crippen LogP contribution is 2.33. The average Bonchev–Trinajstić information content (AvgIpc) is 2.62.